The first kappa shape index (κ1) is 28.0. The number of hydrogen-bond donors (Lipinski definition) is 0. The van der Waals surface area contributed by atoms with E-state index in [0.29, 0.717) is 32.5 Å². The summed E-state index contributed by atoms with van der Waals surface area (Å²) in [6.45, 7) is 13.7. The van der Waals surface area contributed by atoms with Gasteiger partial charge in [0.05, 0.1) is 6.61 Å². The first-order valence-corrected chi connectivity index (χ1v) is 15.4. The summed E-state index contributed by atoms with van der Waals surface area (Å²) < 4.78 is 11.7. The molecule has 186 valence electrons. The second-order valence-electron chi connectivity index (χ2n) is 10.5. The Balaban J connectivity index is 1.99. The van der Waals surface area contributed by atoms with Crippen molar-refractivity contribution >= 4 is 20.1 Å². The molecule has 2 aromatic carbocycles. The van der Waals surface area contributed by atoms with Crippen LogP contribution in [-0.4, -0.2) is 33.3 Å². The molecule has 0 heterocycles. The lowest BCUT2D eigenvalue weighted by Crippen LogP contribution is -2.41. The predicted octanol–water partition coefficient (Wildman–Crippen LogP) is 7.23. The Morgan fingerprint density at radius 3 is 2.12 bits per heavy atom. The number of esters is 1. The molecule has 0 saturated carbocycles. The number of ether oxygens (including phenoxy) is 1. The highest BCUT2D eigenvalue weighted by atomic mass is 28.4. The monoisotopic (exact) mass is 482 g/mol. The number of Topliss-reactive ketones (excluding diaryl/α,β-unsaturated/α-hetero) is 1. The molecule has 0 bridgehead atoms. The van der Waals surface area contributed by atoms with E-state index in [1.54, 1.807) is 0 Å². The first-order chi connectivity index (χ1) is 16.0. The van der Waals surface area contributed by atoms with Gasteiger partial charge < -0.3 is 9.16 Å². The van der Waals surface area contributed by atoms with Crippen molar-refractivity contribution in [3.8, 4) is 11.1 Å². The number of aryl methyl sites for hydroxylation is 1. The van der Waals surface area contributed by atoms with Gasteiger partial charge in [-0.3, -0.25) is 9.59 Å². The van der Waals surface area contributed by atoms with Crippen LogP contribution in [0.1, 0.15) is 58.9 Å². The maximum absolute atomic E-state index is 13.1. The Bertz CT molecular complexity index is 898. The summed E-state index contributed by atoms with van der Waals surface area (Å²) in [5.41, 5.74) is 3.40. The highest BCUT2D eigenvalue weighted by Gasteiger charge is 2.37. The SMILES string of the molecule is CCCCOC(=O)C(CCO[Si](C)(C)C(C)(C)C)C(=O)CCc1ccc(-c2ccccc2)cc1. The van der Waals surface area contributed by atoms with Crippen LogP contribution in [0.5, 0.6) is 0 Å². The topological polar surface area (TPSA) is 52.6 Å². The standard InChI is InChI=1S/C29H42O4Si/c1-7-8-21-32-28(31)26(20-22-33-34(5,6)29(2,3)4)27(30)19-16-23-14-17-25(18-15-23)24-12-10-9-11-13-24/h9-15,17-18,26H,7-8,16,19-22H2,1-6H3. The minimum Gasteiger partial charge on any atom is -0.465 e. The summed E-state index contributed by atoms with van der Waals surface area (Å²) >= 11 is 0. The van der Waals surface area contributed by atoms with Gasteiger partial charge in [-0.15, -0.1) is 0 Å². The third-order valence-corrected chi connectivity index (χ3v) is 11.4. The van der Waals surface area contributed by atoms with Crippen LogP contribution in [0.25, 0.3) is 11.1 Å². The van der Waals surface area contributed by atoms with Crippen LogP contribution >= 0.6 is 0 Å². The number of hydrogen-bond acceptors (Lipinski definition) is 4. The molecule has 5 heteroatoms. The van der Waals surface area contributed by atoms with Crippen molar-refractivity contribution in [2.24, 2.45) is 5.92 Å². The summed E-state index contributed by atoms with van der Waals surface area (Å²) in [7, 11) is -1.94. The second-order valence-corrected chi connectivity index (χ2v) is 15.3. The number of ketones is 1. The quantitative estimate of drug-likeness (QED) is 0.131. The van der Waals surface area contributed by atoms with Crippen molar-refractivity contribution in [1.29, 1.82) is 0 Å². The largest absolute Gasteiger partial charge is 0.465 e. The third-order valence-electron chi connectivity index (χ3n) is 6.81. The van der Waals surface area contributed by atoms with Crippen LogP contribution in [0.4, 0.5) is 0 Å². The van der Waals surface area contributed by atoms with Gasteiger partial charge in [0.2, 0.25) is 0 Å². The lowest BCUT2D eigenvalue weighted by atomic mass is 9.95. The molecule has 1 unspecified atom stereocenters. The van der Waals surface area contributed by atoms with Crippen LogP contribution in [0.15, 0.2) is 54.6 Å². The molecule has 0 spiro atoms. The van der Waals surface area contributed by atoms with Crippen molar-refractivity contribution in [1.82, 2.24) is 0 Å². The fraction of sp³-hybridized carbons (Fsp3) is 0.517. The normalized spacial score (nSPS) is 12.9. The fourth-order valence-electron chi connectivity index (χ4n) is 3.41. The molecular weight excluding hydrogens is 440 g/mol. The number of benzene rings is 2. The van der Waals surface area contributed by atoms with E-state index in [4.69, 9.17) is 9.16 Å². The van der Waals surface area contributed by atoms with E-state index in [9.17, 15) is 9.59 Å². The molecular formula is C29H42O4Si. The highest BCUT2D eigenvalue weighted by Crippen LogP contribution is 2.36. The molecule has 0 fully saturated rings. The molecule has 0 saturated heterocycles. The zero-order chi connectivity index (χ0) is 25.2. The van der Waals surface area contributed by atoms with Crippen LogP contribution in [0.2, 0.25) is 18.1 Å². The van der Waals surface area contributed by atoms with Crippen LogP contribution < -0.4 is 0 Å². The Morgan fingerprint density at radius 1 is 0.912 bits per heavy atom. The van der Waals surface area contributed by atoms with Gasteiger partial charge >= 0.3 is 5.97 Å². The molecule has 0 aliphatic heterocycles. The van der Waals surface area contributed by atoms with Gasteiger partial charge in [-0.05, 0) is 54.1 Å². The minimum atomic E-state index is -1.94. The fourth-order valence-corrected chi connectivity index (χ4v) is 4.47. The van der Waals surface area contributed by atoms with E-state index < -0.39 is 20.2 Å². The number of carbonyl (C=O) groups excluding carboxylic acids is 2. The van der Waals surface area contributed by atoms with Crippen molar-refractivity contribution < 1.29 is 18.8 Å². The van der Waals surface area contributed by atoms with E-state index >= 15 is 0 Å². The van der Waals surface area contributed by atoms with Crippen LogP contribution in [-0.2, 0) is 25.2 Å². The van der Waals surface area contributed by atoms with Gasteiger partial charge in [0.15, 0.2) is 8.32 Å². The Hall–Kier alpha value is -2.24. The van der Waals surface area contributed by atoms with E-state index in [0.717, 1.165) is 24.0 Å². The van der Waals surface area contributed by atoms with Crippen molar-refractivity contribution in [2.75, 3.05) is 13.2 Å². The number of carbonyl (C=O) groups is 2. The van der Waals surface area contributed by atoms with E-state index in [-0.39, 0.29) is 10.8 Å². The zero-order valence-corrected chi connectivity index (χ0v) is 22.9. The van der Waals surface area contributed by atoms with Gasteiger partial charge in [0.1, 0.15) is 11.7 Å². The predicted molar refractivity (Wildman–Crippen MR) is 142 cm³/mol. The van der Waals surface area contributed by atoms with E-state index in [2.05, 4.69) is 70.3 Å². The van der Waals surface area contributed by atoms with Gasteiger partial charge in [0.25, 0.3) is 0 Å². The molecule has 4 nitrogen and oxygen atoms in total. The highest BCUT2D eigenvalue weighted by molar-refractivity contribution is 6.74. The smallest absolute Gasteiger partial charge is 0.316 e. The van der Waals surface area contributed by atoms with Gasteiger partial charge in [-0.25, -0.2) is 0 Å². The summed E-state index contributed by atoms with van der Waals surface area (Å²) in [6.07, 6.45) is 3.05. The molecule has 0 aliphatic carbocycles. The molecule has 1 atom stereocenters. The summed E-state index contributed by atoms with van der Waals surface area (Å²) in [5, 5.41) is 0.0834. The zero-order valence-electron chi connectivity index (χ0n) is 21.9. The van der Waals surface area contributed by atoms with E-state index in [1.165, 1.54) is 5.56 Å². The maximum Gasteiger partial charge on any atom is 0.316 e. The molecule has 0 amide bonds. The van der Waals surface area contributed by atoms with Crippen LogP contribution in [0.3, 0.4) is 0 Å². The Morgan fingerprint density at radius 2 is 1.53 bits per heavy atom. The molecule has 0 aromatic heterocycles. The van der Waals surface area contributed by atoms with Crippen molar-refractivity contribution in [3.63, 3.8) is 0 Å². The van der Waals surface area contributed by atoms with Crippen LogP contribution in [0, 0.1) is 5.92 Å². The maximum atomic E-state index is 13.1. The Kier molecular flexibility index (Phi) is 10.7. The van der Waals surface area contributed by atoms with Gasteiger partial charge in [-0.1, -0.05) is 88.7 Å². The summed E-state index contributed by atoms with van der Waals surface area (Å²) in [6, 6.07) is 18.5. The van der Waals surface area contributed by atoms with Gasteiger partial charge in [-0.2, -0.15) is 0 Å². The summed E-state index contributed by atoms with van der Waals surface area (Å²) in [4.78, 5) is 25.8. The molecule has 0 radical (unpaired) electrons. The number of rotatable bonds is 13. The van der Waals surface area contributed by atoms with Crippen molar-refractivity contribution in [2.45, 2.75) is 77.9 Å². The average Bonchev–Trinajstić information content (AvgIpc) is 2.80. The third kappa shape index (κ3) is 8.52. The molecule has 0 N–H and O–H groups in total. The van der Waals surface area contributed by atoms with E-state index in [1.807, 2.05) is 25.1 Å². The molecule has 2 rings (SSSR count). The molecule has 2 aromatic rings. The van der Waals surface area contributed by atoms with Gasteiger partial charge in [0, 0.05) is 13.0 Å². The lowest BCUT2D eigenvalue weighted by Gasteiger charge is -2.36. The van der Waals surface area contributed by atoms with Crippen molar-refractivity contribution in [3.05, 3.63) is 60.2 Å². The lowest BCUT2D eigenvalue weighted by molar-refractivity contribution is -0.152. The molecule has 0 aliphatic rings. The summed E-state index contributed by atoms with van der Waals surface area (Å²) in [5.74, 6) is -1.23. The minimum absolute atomic E-state index is 0.0625. The average molecular weight is 483 g/mol. The second kappa shape index (κ2) is 13.0. The Labute approximate surface area is 207 Å². The number of unbranched alkanes of at least 4 members (excludes halogenated alkanes) is 1. The first-order valence-electron chi connectivity index (χ1n) is 12.5. The molecule has 34 heavy (non-hydrogen) atoms.